The summed E-state index contributed by atoms with van der Waals surface area (Å²) in [5.41, 5.74) is 0.625. The van der Waals surface area contributed by atoms with Gasteiger partial charge in [-0.2, -0.15) is 0 Å². The van der Waals surface area contributed by atoms with E-state index in [9.17, 15) is 4.79 Å². The van der Waals surface area contributed by atoms with Crippen LogP contribution >= 0.6 is 0 Å². The van der Waals surface area contributed by atoms with Crippen LogP contribution in [0, 0.1) is 5.92 Å². The molecule has 0 fully saturated rings. The number of benzene rings is 1. The SMILES string of the molecule is CCCCC(CC)CNC(=O)c1ccccc1OCC. The molecule has 1 rings (SSSR count). The van der Waals surface area contributed by atoms with Crippen molar-refractivity contribution in [1.82, 2.24) is 5.32 Å². The van der Waals surface area contributed by atoms with Crippen LogP contribution in [0.1, 0.15) is 56.8 Å². The number of ether oxygens (including phenoxy) is 1. The van der Waals surface area contributed by atoms with Gasteiger partial charge in [0.15, 0.2) is 0 Å². The van der Waals surface area contributed by atoms with E-state index in [1.165, 1.54) is 19.3 Å². The molecule has 0 aromatic heterocycles. The van der Waals surface area contributed by atoms with Crippen molar-refractivity contribution in [1.29, 1.82) is 0 Å². The van der Waals surface area contributed by atoms with Crippen LogP contribution < -0.4 is 10.1 Å². The lowest BCUT2D eigenvalue weighted by atomic mass is 9.99. The maximum atomic E-state index is 12.2. The summed E-state index contributed by atoms with van der Waals surface area (Å²) in [7, 11) is 0. The van der Waals surface area contributed by atoms with E-state index in [0.29, 0.717) is 23.8 Å². The summed E-state index contributed by atoms with van der Waals surface area (Å²) in [4.78, 5) is 12.2. The lowest BCUT2D eigenvalue weighted by Gasteiger charge is -2.16. The number of hydrogen-bond donors (Lipinski definition) is 1. The predicted molar refractivity (Wildman–Crippen MR) is 83.3 cm³/mol. The Morgan fingerprint density at radius 3 is 2.65 bits per heavy atom. The fourth-order valence-electron chi connectivity index (χ4n) is 2.21. The Morgan fingerprint density at radius 2 is 2.00 bits per heavy atom. The van der Waals surface area contributed by atoms with Crippen molar-refractivity contribution < 1.29 is 9.53 Å². The second kappa shape index (κ2) is 9.40. The molecule has 1 unspecified atom stereocenters. The van der Waals surface area contributed by atoms with Gasteiger partial charge >= 0.3 is 0 Å². The Morgan fingerprint density at radius 1 is 1.25 bits per heavy atom. The molecule has 1 amide bonds. The largest absolute Gasteiger partial charge is 0.493 e. The van der Waals surface area contributed by atoms with Gasteiger partial charge in [-0.05, 0) is 31.4 Å². The van der Waals surface area contributed by atoms with E-state index in [4.69, 9.17) is 4.74 Å². The van der Waals surface area contributed by atoms with Gasteiger partial charge in [0, 0.05) is 6.54 Å². The maximum absolute atomic E-state index is 12.2. The van der Waals surface area contributed by atoms with Gasteiger partial charge in [-0.1, -0.05) is 45.2 Å². The molecule has 3 heteroatoms. The maximum Gasteiger partial charge on any atom is 0.255 e. The van der Waals surface area contributed by atoms with Crippen LogP contribution in [0.5, 0.6) is 5.75 Å². The summed E-state index contributed by atoms with van der Waals surface area (Å²) in [6.07, 6.45) is 4.72. The summed E-state index contributed by atoms with van der Waals surface area (Å²) in [6.45, 7) is 7.62. The van der Waals surface area contributed by atoms with Gasteiger partial charge in [0.1, 0.15) is 5.75 Å². The van der Waals surface area contributed by atoms with Gasteiger partial charge < -0.3 is 10.1 Å². The number of carbonyl (C=O) groups excluding carboxylic acids is 1. The Hall–Kier alpha value is -1.51. The first-order valence-corrected chi connectivity index (χ1v) is 7.72. The number of unbranched alkanes of at least 4 members (excludes halogenated alkanes) is 1. The fraction of sp³-hybridized carbons (Fsp3) is 0.588. The first kappa shape index (κ1) is 16.5. The molecule has 0 heterocycles. The molecule has 0 aliphatic rings. The summed E-state index contributed by atoms with van der Waals surface area (Å²) >= 11 is 0. The molecule has 1 aromatic carbocycles. The van der Waals surface area contributed by atoms with Gasteiger partial charge in [-0.15, -0.1) is 0 Å². The molecule has 112 valence electrons. The molecule has 20 heavy (non-hydrogen) atoms. The van der Waals surface area contributed by atoms with E-state index in [1.807, 2.05) is 31.2 Å². The minimum atomic E-state index is -0.0380. The van der Waals surface area contributed by atoms with E-state index in [2.05, 4.69) is 19.2 Å². The zero-order chi connectivity index (χ0) is 14.8. The van der Waals surface area contributed by atoms with E-state index in [0.717, 1.165) is 13.0 Å². The van der Waals surface area contributed by atoms with Crippen molar-refractivity contribution in [3.8, 4) is 5.75 Å². The van der Waals surface area contributed by atoms with Crippen LogP contribution in [0.15, 0.2) is 24.3 Å². The molecule has 3 nitrogen and oxygen atoms in total. The second-order valence-corrected chi connectivity index (χ2v) is 5.06. The lowest BCUT2D eigenvalue weighted by molar-refractivity contribution is 0.0942. The summed E-state index contributed by atoms with van der Waals surface area (Å²) in [5, 5.41) is 3.04. The highest BCUT2D eigenvalue weighted by atomic mass is 16.5. The van der Waals surface area contributed by atoms with Crippen molar-refractivity contribution in [2.45, 2.75) is 46.5 Å². The van der Waals surface area contributed by atoms with E-state index in [-0.39, 0.29) is 5.91 Å². The predicted octanol–water partition coefficient (Wildman–Crippen LogP) is 4.03. The normalized spacial score (nSPS) is 11.9. The lowest BCUT2D eigenvalue weighted by Crippen LogP contribution is -2.29. The van der Waals surface area contributed by atoms with E-state index < -0.39 is 0 Å². The molecule has 0 saturated heterocycles. The monoisotopic (exact) mass is 277 g/mol. The van der Waals surface area contributed by atoms with Crippen LogP contribution in [0.2, 0.25) is 0 Å². The average molecular weight is 277 g/mol. The summed E-state index contributed by atoms with van der Waals surface area (Å²) < 4.78 is 5.50. The Labute approximate surface area is 122 Å². The topological polar surface area (TPSA) is 38.3 Å². The number of rotatable bonds is 9. The molecule has 1 aromatic rings. The number of hydrogen-bond acceptors (Lipinski definition) is 2. The van der Waals surface area contributed by atoms with Gasteiger partial charge in [0.25, 0.3) is 5.91 Å². The number of carbonyl (C=O) groups is 1. The smallest absolute Gasteiger partial charge is 0.255 e. The summed E-state index contributed by atoms with van der Waals surface area (Å²) in [5.74, 6) is 1.19. The first-order valence-electron chi connectivity index (χ1n) is 7.72. The van der Waals surface area contributed by atoms with Crippen molar-refractivity contribution >= 4 is 5.91 Å². The van der Waals surface area contributed by atoms with Crippen molar-refractivity contribution in [2.75, 3.05) is 13.2 Å². The third-order valence-electron chi connectivity index (χ3n) is 3.53. The van der Waals surface area contributed by atoms with Crippen LogP contribution in [0.3, 0.4) is 0 Å². The third-order valence-corrected chi connectivity index (χ3v) is 3.53. The van der Waals surface area contributed by atoms with Crippen molar-refractivity contribution in [3.05, 3.63) is 29.8 Å². The molecule has 0 saturated carbocycles. The zero-order valence-electron chi connectivity index (χ0n) is 12.9. The van der Waals surface area contributed by atoms with E-state index in [1.54, 1.807) is 0 Å². The first-order chi connectivity index (χ1) is 9.72. The quantitative estimate of drug-likeness (QED) is 0.740. The molecule has 1 atom stereocenters. The molecular formula is C17H27NO2. The van der Waals surface area contributed by atoms with Crippen LogP contribution in [0.25, 0.3) is 0 Å². The molecule has 0 aliphatic carbocycles. The molecule has 0 spiro atoms. The molecule has 1 N–H and O–H groups in total. The standard InChI is InChI=1S/C17H27NO2/c1-4-7-10-14(5-2)13-18-17(19)15-11-8-9-12-16(15)20-6-3/h8-9,11-12,14H,4-7,10,13H2,1-3H3,(H,18,19). The van der Waals surface area contributed by atoms with Crippen molar-refractivity contribution in [3.63, 3.8) is 0 Å². The van der Waals surface area contributed by atoms with Gasteiger partial charge in [-0.3, -0.25) is 4.79 Å². The molecule has 0 bridgehead atoms. The highest BCUT2D eigenvalue weighted by molar-refractivity contribution is 5.96. The van der Waals surface area contributed by atoms with Crippen LogP contribution in [-0.4, -0.2) is 19.1 Å². The zero-order valence-corrected chi connectivity index (χ0v) is 12.9. The second-order valence-electron chi connectivity index (χ2n) is 5.06. The third kappa shape index (κ3) is 5.24. The van der Waals surface area contributed by atoms with Gasteiger partial charge in [0.05, 0.1) is 12.2 Å². The van der Waals surface area contributed by atoms with Crippen LogP contribution in [0.4, 0.5) is 0 Å². The Kier molecular flexibility index (Phi) is 7.78. The average Bonchev–Trinajstić information content (AvgIpc) is 2.48. The minimum absolute atomic E-state index is 0.0380. The number of para-hydroxylation sites is 1. The fourth-order valence-corrected chi connectivity index (χ4v) is 2.21. The summed E-state index contributed by atoms with van der Waals surface area (Å²) in [6, 6.07) is 7.41. The van der Waals surface area contributed by atoms with Gasteiger partial charge in [0.2, 0.25) is 0 Å². The minimum Gasteiger partial charge on any atom is -0.493 e. The Bertz CT molecular complexity index is 404. The molecular weight excluding hydrogens is 250 g/mol. The van der Waals surface area contributed by atoms with Crippen molar-refractivity contribution in [2.24, 2.45) is 5.92 Å². The van der Waals surface area contributed by atoms with Gasteiger partial charge in [-0.25, -0.2) is 0 Å². The molecule has 0 radical (unpaired) electrons. The highest BCUT2D eigenvalue weighted by Crippen LogP contribution is 2.18. The number of nitrogens with one attached hydrogen (secondary N) is 1. The Balaban J connectivity index is 2.57. The molecule has 0 aliphatic heterocycles. The van der Waals surface area contributed by atoms with Crippen LogP contribution in [-0.2, 0) is 0 Å². The highest BCUT2D eigenvalue weighted by Gasteiger charge is 2.13. The number of amides is 1. The van der Waals surface area contributed by atoms with E-state index >= 15 is 0 Å².